The largest absolute Gasteiger partial charge is 0.339 e. The van der Waals surface area contributed by atoms with Gasteiger partial charge in [-0.3, -0.25) is 4.79 Å². The molecule has 20 heavy (non-hydrogen) atoms. The Labute approximate surface area is 125 Å². The lowest BCUT2D eigenvalue weighted by Gasteiger charge is -2.31. The zero-order valence-electron chi connectivity index (χ0n) is 11.9. The Hall–Kier alpha value is -1.13. The molecular formula is C15H22ClFN2O. The molecule has 0 spiro atoms. The molecule has 1 aliphatic rings. The van der Waals surface area contributed by atoms with Crippen LogP contribution >= 0.6 is 12.4 Å². The summed E-state index contributed by atoms with van der Waals surface area (Å²) in [4.78, 5) is 14.1. The molecule has 1 heterocycles. The predicted octanol–water partition coefficient (Wildman–Crippen LogP) is 2.77. The molecule has 1 aromatic carbocycles. The lowest BCUT2D eigenvalue weighted by molar-refractivity contribution is -0.136. The molecular weight excluding hydrogens is 279 g/mol. The van der Waals surface area contributed by atoms with Gasteiger partial charge in [-0.2, -0.15) is 0 Å². The van der Waals surface area contributed by atoms with Crippen molar-refractivity contribution in [3.63, 3.8) is 0 Å². The zero-order chi connectivity index (χ0) is 13.8. The predicted molar refractivity (Wildman–Crippen MR) is 80.4 cm³/mol. The highest BCUT2D eigenvalue weighted by Crippen LogP contribution is 2.24. The Kier molecular flexibility index (Phi) is 6.43. The van der Waals surface area contributed by atoms with Gasteiger partial charge in [-0.25, -0.2) is 4.39 Å². The van der Waals surface area contributed by atoms with Gasteiger partial charge in [0.25, 0.3) is 0 Å². The highest BCUT2D eigenvalue weighted by molar-refractivity contribution is 5.85. The van der Waals surface area contributed by atoms with Gasteiger partial charge in [-0.15, -0.1) is 12.4 Å². The van der Waals surface area contributed by atoms with Crippen LogP contribution in [-0.2, 0) is 4.79 Å². The van der Waals surface area contributed by atoms with Crippen molar-refractivity contribution >= 4 is 18.3 Å². The van der Waals surface area contributed by atoms with Crippen molar-refractivity contribution in [2.75, 3.05) is 20.1 Å². The van der Waals surface area contributed by atoms with E-state index in [4.69, 9.17) is 0 Å². The number of nitrogens with zero attached hydrogens (tertiary/aromatic N) is 1. The first-order valence-electron chi connectivity index (χ1n) is 6.83. The molecule has 1 amide bonds. The Bertz CT molecular complexity index is 449. The fourth-order valence-corrected chi connectivity index (χ4v) is 2.56. The van der Waals surface area contributed by atoms with E-state index in [1.54, 1.807) is 30.1 Å². The average Bonchev–Trinajstić information content (AvgIpc) is 2.46. The number of hydrogen-bond donors (Lipinski definition) is 1. The number of benzene rings is 1. The first-order chi connectivity index (χ1) is 9.11. The maximum atomic E-state index is 13.8. The van der Waals surface area contributed by atoms with Crippen LogP contribution in [0.1, 0.15) is 31.4 Å². The highest BCUT2D eigenvalue weighted by Gasteiger charge is 2.27. The number of halogens is 2. The third-order valence-electron chi connectivity index (χ3n) is 3.93. The van der Waals surface area contributed by atoms with Crippen LogP contribution in [0.4, 0.5) is 4.39 Å². The molecule has 1 saturated heterocycles. The van der Waals surface area contributed by atoms with Crippen molar-refractivity contribution in [2.45, 2.75) is 25.8 Å². The molecule has 3 nitrogen and oxygen atoms in total. The standard InChI is InChI=1S/C15H21FN2O.ClH/c1-11(13-7-3-4-8-14(13)16)18(2)15(19)12-6-5-9-17-10-12;/h3-4,7-8,11-12,17H,5-6,9-10H2,1-2H3;1H. The summed E-state index contributed by atoms with van der Waals surface area (Å²) in [5.41, 5.74) is 0.571. The van der Waals surface area contributed by atoms with E-state index in [0.29, 0.717) is 5.56 Å². The molecule has 5 heteroatoms. The molecule has 0 aliphatic carbocycles. The lowest BCUT2D eigenvalue weighted by atomic mass is 9.97. The third-order valence-corrected chi connectivity index (χ3v) is 3.93. The number of amides is 1. The average molecular weight is 301 g/mol. The molecule has 1 N–H and O–H groups in total. The number of carbonyl (C=O) groups excluding carboxylic acids is 1. The SMILES string of the molecule is CC(c1ccccc1F)N(C)C(=O)C1CCCNC1.Cl. The number of nitrogens with one attached hydrogen (secondary N) is 1. The van der Waals surface area contributed by atoms with Crippen LogP contribution in [0.15, 0.2) is 24.3 Å². The fourth-order valence-electron chi connectivity index (χ4n) is 2.56. The Morgan fingerprint density at radius 1 is 1.45 bits per heavy atom. The van der Waals surface area contributed by atoms with Crippen molar-refractivity contribution in [3.8, 4) is 0 Å². The maximum absolute atomic E-state index is 13.8. The van der Waals surface area contributed by atoms with Gasteiger partial charge in [0.2, 0.25) is 5.91 Å². The molecule has 0 bridgehead atoms. The summed E-state index contributed by atoms with van der Waals surface area (Å²) in [7, 11) is 1.76. The molecule has 0 aromatic heterocycles. The van der Waals surface area contributed by atoms with E-state index < -0.39 is 0 Å². The van der Waals surface area contributed by atoms with Crippen molar-refractivity contribution < 1.29 is 9.18 Å². The molecule has 1 fully saturated rings. The lowest BCUT2D eigenvalue weighted by Crippen LogP contribution is -2.42. The number of carbonyl (C=O) groups is 1. The summed E-state index contributed by atoms with van der Waals surface area (Å²) >= 11 is 0. The van der Waals surface area contributed by atoms with Crippen LogP contribution in [0.3, 0.4) is 0 Å². The van der Waals surface area contributed by atoms with E-state index in [1.165, 1.54) is 6.07 Å². The third kappa shape index (κ3) is 3.70. The van der Waals surface area contributed by atoms with Crippen molar-refractivity contribution in [1.82, 2.24) is 10.2 Å². The quantitative estimate of drug-likeness (QED) is 0.931. The van der Waals surface area contributed by atoms with Gasteiger partial charge in [-0.05, 0) is 32.4 Å². The van der Waals surface area contributed by atoms with E-state index in [9.17, 15) is 9.18 Å². The molecule has 0 saturated carbocycles. The van der Waals surface area contributed by atoms with E-state index >= 15 is 0 Å². The minimum Gasteiger partial charge on any atom is -0.339 e. The van der Waals surface area contributed by atoms with Gasteiger partial charge in [0.1, 0.15) is 5.82 Å². The Morgan fingerprint density at radius 3 is 2.75 bits per heavy atom. The minimum atomic E-state index is -0.253. The summed E-state index contributed by atoms with van der Waals surface area (Å²) in [5, 5.41) is 3.24. The van der Waals surface area contributed by atoms with Crippen LogP contribution in [0.25, 0.3) is 0 Å². The molecule has 0 radical (unpaired) electrons. The summed E-state index contributed by atoms with van der Waals surface area (Å²) in [5.74, 6) is -0.132. The maximum Gasteiger partial charge on any atom is 0.227 e. The zero-order valence-corrected chi connectivity index (χ0v) is 12.8. The van der Waals surface area contributed by atoms with Crippen molar-refractivity contribution in [2.24, 2.45) is 5.92 Å². The number of piperidine rings is 1. The molecule has 1 aliphatic heterocycles. The second-order valence-electron chi connectivity index (χ2n) is 5.19. The first-order valence-corrected chi connectivity index (χ1v) is 6.83. The van der Waals surface area contributed by atoms with Gasteiger partial charge < -0.3 is 10.2 Å². The van der Waals surface area contributed by atoms with Crippen LogP contribution in [0, 0.1) is 11.7 Å². The monoisotopic (exact) mass is 300 g/mol. The topological polar surface area (TPSA) is 32.3 Å². The van der Waals surface area contributed by atoms with Crippen LogP contribution in [0.2, 0.25) is 0 Å². The number of hydrogen-bond acceptors (Lipinski definition) is 2. The minimum absolute atomic E-state index is 0. The summed E-state index contributed by atoms with van der Waals surface area (Å²) in [6, 6.07) is 6.40. The van der Waals surface area contributed by atoms with E-state index in [0.717, 1.165) is 25.9 Å². The molecule has 1 aromatic rings. The summed E-state index contributed by atoms with van der Waals surface area (Å²) in [6.45, 7) is 3.58. The Morgan fingerprint density at radius 2 is 2.15 bits per heavy atom. The smallest absolute Gasteiger partial charge is 0.227 e. The normalized spacial score (nSPS) is 19.9. The van der Waals surface area contributed by atoms with Crippen LogP contribution < -0.4 is 5.32 Å². The van der Waals surface area contributed by atoms with E-state index in [2.05, 4.69) is 5.32 Å². The molecule has 2 atom stereocenters. The second kappa shape index (κ2) is 7.60. The van der Waals surface area contributed by atoms with E-state index in [1.807, 2.05) is 6.92 Å². The van der Waals surface area contributed by atoms with Gasteiger partial charge in [0.15, 0.2) is 0 Å². The van der Waals surface area contributed by atoms with Crippen molar-refractivity contribution in [3.05, 3.63) is 35.6 Å². The second-order valence-corrected chi connectivity index (χ2v) is 5.19. The molecule has 2 unspecified atom stereocenters. The van der Waals surface area contributed by atoms with E-state index in [-0.39, 0.29) is 36.1 Å². The van der Waals surface area contributed by atoms with Gasteiger partial charge in [-0.1, -0.05) is 18.2 Å². The highest BCUT2D eigenvalue weighted by atomic mass is 35.5. The fraction of sp³-hybridized carbons (Fsp3) is 0.533. The first kappa shape index (κ1) is 16.9. The van der Waals surface area contributed by atoms with Crippen LogP contribution in [0.5, 0.6) is 0 Å². The summed E-state index contributed by atoms with van der Waals surface area (Å²) in [6.07, 6.45) is 1.94. The molecule has 112 valence electrons. The van der Waals surface area contributed by atoms with Gasteiger partial charge >= 0.3 is 0 Å². The Balaban J connectivity index is 0.00000200. The number of rotatable bonds is 3. The summed E-state index contributed by atoms with van der Waals surface area (Å²) < 4.78 is 13.8. The van der Waals surface area contributed by atoms with Crippen molar-refractivity contribution in [1.29, 1.82) is 0 Å². The van der Waals surface area contributed by atoms with Gasteiger partial charge in [0, 0.05) is 19.2 Å². The van der Waals surface area contributed by atoms with Crippen LogP contribution in [-0.4, -0.2) is 30.9 Å². The van der Waals surface area contributed by atoms with Gasteiger partial charge in [0.05, 0.1) is 12.0 Å². The molecule has 2 rings (SSSR count).